The summed E-state index contributed by atoms with van der Waals surface area (Å²) in [5.41, 5.74) is 1.57. The van der Waals surface area contributed by atoms with Crippen LogP contribution < -0.4 is 5.32 Å². The number of hydrogen-bond donors (Lipinski definition) is 2. The van der Waals surface area contributed by atoms with Crippen molar-refractivity contribution in [3.8, 4) is 17.1 Å². The molecule has 148 valence electrons. The molecular formula is C22H22FN5O. The number of pyridine rings is 1. The van der Waals surface area contributed by atoms with Crippen LogP contribution in [0.15, 0.2) is 43.4 Å². The molecule has 0 spiro atoms. The second-order valence-corrected chi connectivity index (χ2v) is 8.39. The van der Waals surface area contributed by atoms with E-state index in [2.05, 4.69) is 39.0 Å². The van der Waals surface area contributed by atoms with Crippen LogP contribution in [0.1, 0.15) is 31.9 Å². The van der Waals surface area contributed by atoms with Crippen molar-refractivity contribution in [2.45, 2.75) is 43.9 Å². The summed E-state index contributed by atoms with van der Waals surface area (Å²) in [6, 6.07) is 5.17. The lowest BCUT2D eigenvalue weighted by molar-refractivity contribution is 0.135. The smallest absolute Gasteiger partial charge is 0.185 e. The molecule has 29 heavy (non-hydrogen) atoms. The number of rotatable bonds is 3. The molecule has 0 saturated carbocycles. The van der Waals surface area contributed by atoms with Crippen molar-refractivity contribution in [1.29, 1.82) is 0 Å². The zero-order valence-electron chi connectivity index (χ0n) is 16.1. The minimum atomic E-state index is -0.988. The Kier molecular flexibility index (Phi) is 4.10. The zero-order chi connectivity index (χ0) is 20.2. The predicted molar refractivity (Wildman–Crippen MR) is 109 cm³/mol. The van der Waals surface area contributed by atoms with Gasteiger partial charge in [0.25, 0.3) is 0 Å². The number of nitrogens with one attached hydrogen (secondary N) is 1. The van der Waals surface area contributed by atoms with Crippen LogP contribution in [0, 0.1) is 5.92 Å². The molecule has 4 atom stereocenters. The Balaban J connectivity index is 1.43. The average molecular weight is 391 g/mol. The molecule has 5 rings (SSSR count). The van der Waals surface area contributed by atoms with Gasteiger partial charge in [-0.3, -0.25) is 4.98 Å². The second-order valence-electron chi connectivity index (χ2n) is 8.39. The molecule has 2 aromatic heterocycles. The maximum atomic E-state index is 15.0. The van der Waals surface area contributed by atoms with Gasteiger partial charge in [-0.05, 0) is 55.3 Å². The highest BCUT2D eigenvalue weighted by molar-refractivity contribution is 5.88. The molecule has 0 amide bonds. The van der Waals surface area contributed by atoms with Gasteiger partial charge in [-0.1, -0.05) is 6.58 Å². The van der Waals surface area contributed by atoms with E-state index in [0.717, 1.165) is 23.6 Å². The lowest BCUT2D eigenvalue weighted by Gasteiger charge is -2.39. The van der Waals surface area contributed by atoms with Crippen molar-refractivity contribution in [3.63, 3.8) is 0 Å². The molecule has 0 aliphatic carbocycles. The number of benzene rings is 1. The van der Waals surface area contributed by atoms with Crippen molar-refractivity contribution in [2.75, 3.05) is 0 Å². The quantitative estimate of drug-likeness (QED) is 0.709. The SMILES string of the molecule is C=C(c1cnc(-c2cc3ccncc3cc2O)nn1)C1C[C@]2(C)CCC(N2)[C@@H]1F. The van der Waals surface area contributed by atoms with E-state index in [-0.39, 0.29) is 23.2 Å². The molecule has 3 aromatic rings. The highest BCUT2D eigenvalue weighted by atomic mass is 19.1. The van der Waals surface area contributed by atoms with Crippen molar-refractivity contribution >= 4 is 16.3 Å². The normalized spacial score (nSPS) is 28.6. The van der Waals surface area contributed by atoms with Gasteiger partial charge in [-0.25, -0.2) is 9.37 Å². The molecule has 7 heteroatoms. The van der Waals surface area contributed by atoms with E-state index >= 15 is 0 Å². The maximum absolute atomic E-state index is 15.0. The number of fused-ring (bicyclic) bond motifs is 3. The fourth-order valence-corrected chi connectivity index (χ4v) is 4.70. The van der Waals surface area contributed by atoms with Crippen LogP contribution in [0.4, 0.5) is 4.39 Å². The first-order valence-electron chi connectivity index (χ1n) is 9.81. The summed E-state index contributed by atoms with van der Waals surface area (Å²) in [5, 5.41) is 24.0. The van der Waals surface area contributed by atoms with Crippen LogP contribution in [0.5, 0.6) is 5.75 Å². The third-order valence-corrected chi connectivity index (χ3v) is 6.31. The summed E-state index contributed by atoms with van der Waals surface area (Å²) < 4.78 is 15.0. The molecular weight excluding hydrogens is 369 g/mol. The maximum Gasteiger partial charge on any atom is 0.185 e. The standard InChI is InChI=1S/C22H22FN5O/c1-12(16-9-22(2)5-3-17(26-22)20(16)23)18-11-25-21(28-27-18)15-7-13-4-6-24-10-14(13)8-19(15)29/h4,6-8,10-11,16-17,20,26,29H,1,3,5,9H2,2H3/t16?,17?,20-,22+/m1/s1. The largest absolute Gasteiger partial charge is 0.507 e. The Morgan fingerprint density at radius 1 is 1.28 bits per heavy atom. The summed E-state index contributed by atoms with van der Waals surface area (Å²) in [7, 11) is 0. The Morgan fingerprint density at radius 2 is 2.14 bits per heavy atom. The van der Waals surface area contributed by atoms with Crippen molar-refractivity contribution in [3.05, 3.63) is 49.1 Å². The van der Waals surface area contributed by atoms with E-state index in [1.54, 1.807) is 30.7 Å². The number of aromatic hydroxyl groups is 1. The fourth-order valence-electron chi connectivity index (χ4n) is 4.70. The average Bonchev–Trinajstić information content (AvgIpc) is 3.07. The van der Waals surface area contributed by atoms with Crippen molar-refractivity contribution < 1.29 is 9.50 Å². The van der Waals surface area contributed by atoms with Gasteiger partial charge in [0.2, 0.25) is 0 Å². The van der Waals surface area contributed by atoms with Gasteiger partial charge in [0, 0.05) is 35.3 Å². The van der Waals surface area contributed by atoms with E-state index in [0.29, 0.717) is 29.1 Å². The number of hydrogen-bond acceptors (Lipinski definition) is 6. The van der Waals surface area contributed by atoms with E-state index in [1.165, 1.54) is 0 Å². The van der Waals surface area contributed by atoms with Gasteiger partial charge in [0.1, 0.15) is 17.6 Å². The molecule has 2 N–H and O–H groups in total. The molecule has 0 radical (unpaired) electrons. The first-order valence-corrected chi connectivity index (χ1v) is 9.81. The molecule has 4 heterocycles. The first kappa shape index (κ1) is 18.1. The van der Waals surface area contributed by atoms with Crippen molar-refractivity contribution in [2.24, 2.45) is 5.92 Å². The number of allylic oxidation sites excluding steroid dienone is 1. The Bertz CT molecular complexity index is 1100. The third-order valence-electron chi connectivity index (χ3n) is 6.31. The fraction of sp³-hybridized carbons (Fsp3) is 0.364. The van der Waals surface area contributed by atoms with Crippen LogP contribution in [-0.2, 0) is 0 Å². The third kappa shape index (κ3) is 3.06. The van der Waals surface area contributed by atoms with E-state index in [1.807, 2.05) is 6.07 Å². The molecule has 2 saturated heterocycles. The van der Waals surface area contributed by atoms with Crippen LogP contribution in [0.2, 0.25) is 0 Å². The minimum Gasteiger partial charge on any atom is -0.507 e. The highest BCUT2D eigenvalue weighted by Gasteiger charge is 2.49. The number of aromatic nitrogens is 4. The van der Waals surface area contributed by atoms with Gasteiger partial charge in [-0.2, -0.15) is 0 Å². The zero-order valence-corrected chi connectivity index (χ0v) is 16.1. The van der Waals surface area contributed by atoms with Crippen LogP contribution in [-0.4, -0.2) is 43.0 Å². The van der Waals surface area contributed by atoms with Crippen molar-refractivity contribution in [1.82, 2.24) is 25.5 Å². The Labute approximate surface area is 167 Å². The molecule has 6 nitrogen and oxygen atoms in total. The van der Waals surface area contributed by atoms with E-state index in [4.69, 9.17) is 0 Å². The number of nitrogens with zero attached hydrogens (tertiary/aromatic N) is 4. The Hall–Kier alpha value is -2.93. The lowest BCUT2D eigenvalue weighted by atomic mass is 9.79. The van der Waals surface area contributed by atoms with Gasteiger partial charge in [0.15, 0.2) is 5.82 Å². The van der Waals surface area contributed by atoms with E-state index < -0.39 is 6.17 Å². The highest BCUT2D eigenvalue weighted by Crippen LogP contribution is 2.44. The summed E-state index contributed by atoms with van der Waals surface area (Å²) >= 11 is 0. The summed E-state index contributed by atoms with van der Waals surface area (Å²) in [4.78, 5) is 8.44. The Morgan fingerprint density at radius 3 is 2.93 bits per heavy atom. The molecule has 2 aliphatic rings. The van der Waals surface area contributed by atoms with Crippen LogP contribution in [0.25, 0.3) is 27.7 Å². The number of halogens is 1. The topological polar surface area (TPSA) is 83.8 Å². The van der Waals surface area contributed by atoms with E-state index in [9.17, 15) is 9.50 Å². The summed E-state index contributed by atoms with van der Waals surface area (Å²) in [5.74, 6) is 0.0785. The lowest BCUT2D eigenvalue weighted by Crippen LogP contribution is -2.53. The number of phenols is 1. The minimum absolute atomic E-state index is 0.0482. The van der Waals surface area contributed by atoms with Gasteiger partial charge >= 0.3 is 0 Å². The van der Waals surface area contributed by atoms with Crippen LogP contribution in [0.3, 0.4) is 0 Å². The molecule has 2 unspecified atom stereocenters. The number of phenolic OH excluding ortho intramolecular Hbond substituents is 1. The van der Waals surface area contributed by atoms with Gasteiger partial charge in [0.05, 0.1) is 11.8 Å². The molecule has 2 aliphatic heterocycles. The molecule has 2 fully saturated rings. The summed E-state index contributed by atoms with van der Waals surface area (Å²) in [6.45, 7) is 6.26. The number of alkyl halides is 1. The van der Waals surface area contributed by atoms with Crippen LogP contribution >= 0.6 is 0 Å². The molecule has 1 aromatic carbocycles. The second kappa shape index (κ2) is 6.56. The predicted octanol–water partition coefficient (Wildman–Crippen LogP) is 3.67. The molecule has 2 bridgehead atoms. The summed E-state index contributed by atoms with van der Waals surface area (Å²) in [6.07, 6.45) is 6.47. The number of piperidine rings is 1. The van der Waals surface area contributed by atoms with Gasteiger partial charge in [-0.15, -0.1) is 10.2 Å². The monoisotopic (exact) mass is 391 g/mol. The first-order chi connectivity index (χ1) is 13.9. The van der Waals surface area contributed by atoms with Gasteiger partial charge < -0.3 is 10.4 Å².